The Bertz CT molecular complexity index is 345. The van der Waals surface area contributed by atoms with Gasteiger partial charge in [-0.25, -0.2) is 0 Å². The van der Waals surface area contributed by atoms with Gasteiger partial charge >= 0.3 is 0 Å². The van der Waals surface area contributed by atoms with Crippen molar-refractivity contribution in [1.82, 2.24) is 10.3 Å². The molecule has 1 aromatic rings. The van der Waals surface area contributed by atoms with Gasteiger partial charge in [0.2, 0.25) is 0 Å². The fraction of sp³-hybridized carbons (Fsp3) is 0.688. The lowest BCUT2D eigenvalue weighted by atomic mass is 9.87. The van der Waals surface area contributed by atoms with Crippen molar-refractivity contribution in [3.63, 3.8) is 0 Å². The monoisotopic (exact) mass is 248 g/mol. The van der Waals surface area contributed by atoms with E-state index < -0.39 is 0 Å². The molecule has 0 unspecified atom stereocenters. The van der Waals surface area contributed by atoms with E-state index in [2.05, 4.69) is 44.1 Å². The largest absolute Gasteiger partial charge is 0.312 e. The van der Waals surface area contributed by atoms with Gasteiger partial charge in [-0.15, -0.1) is 0 Å². The molecule has 2 heteroatoms. The second-order valence-corrected chi connectivity index (χ2v) is 6.10. The fourth-order valence-corrected chi connectivity index (χ4v) is 2.20. The van der Waals surface area contributed by atoms with Crippen LogP contribution >= 0.6 is 0 Å². The maximum Gasteiger partial charge on any atom is 0.0313 e. The van der Waals surface area contributed by atoms with Gasteiger partial charge in [-0.1, -0.05) is 46.1 Å². The summed E-state index contributed by atoms with van der Waals surface area (Å²) in [5.74, 6) is 0. The Hall–Kier alpha value is -0.890. The van der Waals surface area contributed by atoms with Crippen LogP contribution in [0.25, 0.3) is 0 Å². The molecule has 0 bridgehead atoms. The third-order valence-corrected chi connectivity index (χ3v) is 3.32. The van der Waals surface area contributed by atoms with E-state index in [1.54, 1.807) is 0 Å². The number of nitrogens with one attached hydrogen (secondary N) is 1. The second kappa shape index (κ2) is 7.52. The van der Waals surface area contributed by atoms with Gasteiger partial charge in [0, 0.05) is 25.5 Å². The summed E-state index contributed by atoms with van der Waals surface area (Å²) in [4.78, 5) is 4.22. The van der Waals surface area contributed by atoms with Crippen molar-refractivity contribution in [1.29, 1.82) is 0 Å². The highest BCUT2D eigenvalue weighted by Gasteiger charge is 2.16. The molecule has 1 rings (SSSR count). The minimum atomic E-state index is 0.395. The summed E-state index contributed by atoms with van der Waals surface area (Å²) in [6, 6.07) is 2.20. The zero-order valence-electron chi connectivity index (χ0n) is 12.4. The number of nitrogens with zero attached hydrogens (tertiary/aromatic N) is 1. The number of unbranched alkanes of at least 4 members (excludes halogenated alkanes) is 2. The Morgan fingerprint density at radius 2 is 2.00 bits per heavy atom. The number of pyridine rings is 1. The Balaban J connectivity index is 2.27. The molecule has 2 nitrogen and oxygen atoms in total. The quantitative estimate of drug-likeness (QED) is 0.701. The van der Waals surface area contributed by atoms with Crippen LogP contribution in [0.5, 0.6) is 0 Å². The first-order chi connectivity index (χ1) is 8.53. The maximum absolute atomic E-state index is 4.22. The molecule has 1 N–H and O–H groups in total. The summed E-state index contributed by atoms with van der Waals surface area (Å²) < 4.78 is 0. The van der Waals surface area contributed by atoms with Crippen molar-refractivity contribution < 1.29 is 0 Å². The molecule has 0 spiro atoms. The predicted octanol–water partition coefficient (Wildman–Crippen LogP) is 4.09. The van der Waals surface area contributed by atoms with Gasteiger partial charge in [-0.05, 0) is 29.9 Å². The van der Waals surface area contributed by atoms with Crippen LogP contribution in [0.4, 0.5) is 0 Å². The fourth-order valence-electron chi connectivity index (χ4n) is 2.20. The Labute approximate surface area is 112 Å². The van der Waals surface area contributed by atoms with E-state index in [9.17, 15) is 0 Å². The molecule has 0 saturated carbocycles. The first-order valence-electron chi connectivity index (χ1n) is 7.15. The summed E-state index contributed by atoms with van der Waals surface area (Å²) in [7, 11) is 0. The first-order valence-corrected chi connectivity index (χ1v) is 7.15. The number of hydrogen-bond acceptors (Lipinski definition) is 2. The summed E-state index contributed by atoms with van der Waals surface area (Å²) >= 11 is 0. The van der Waals surface area contributed by atoms with E-state index in [1.807, 2.05) is 12.4 Å². The van der Waals surface area contributed by atoms with Crippen molar-refractivity contribution >= 4 is 0 Å². The van der Waals surface area contributed by atoms with Crippen molar-refractivity contribution in [3.8, 4) is 0 Å². The number of aromatic nitrogens is 1. The molecule has 0 atom stereocenters. The standard InChI is InChI=1S/C16H28N2/c1-5-6-7-8-16(3,4)13-18-12-15-9-14(2)10-17-11-15/h9-11,18H,5-8,12-13H2,1-4H3. The average molecular weight is 248 g/mol. The first kappa shape index (κ1) is 15.2. The Morgan fingerprint density at radius 3 is 2.67 bits per heavy atom. The molecule has 0 fully saturated rings. The molecule has 0 aliphatic carbocycles. The van der Waals surface area contributed by atoms with Gasteiger partial charge in [-0.2, -0.15) is 0 Å². The van der Waals surface area contributed by atoms with Gasteiger partial charge in [0.1, 0.15) is 0 Å². The molecule has 1 aromatic heterocycles. The smallest absolute Gasteiger partial charge is 0.0313 e. The zero-order valence-corrected chi connectivity index (χ0v) is 12.4. The lowest BCUT2D eigenvalue weighted by Gasteiger charge is -2.25. The van der Waals surface area contributed by atoms with Crippen molar-refractivity contribution in [3.05, 3.63) is 29.6 Å². The van der Waals surface area contributed by atoms with Crippen molar-refractivity contribution in [2.24, 2.45) is 5.41 Å². The molecular formula is C16H28N2. The van der Waals surface area contributed by atoms with E-state index >= 15 is 0 Å². The normalized spacial score (nSPS) is 11.8. The number of aryl methyl sites for hydroxylation is 1. The summed E-state index contributed by atoms with van der Waals surface area (Å²) in [5.41, 5.74) is 2.91. The molecule has 0 radical (unpaired) electrons. The molecule has 0 saturated heterocycles. The summed E-state index contributed by atoms with van der Waals surface area (Å²) in [6.07, 6.45) is 9.16. The highest BCUT2D eigenvalue weighted by atomic mass is 14.9. The minimum Gasteiger partial charge on any atom is -0.312 e. The SMILES string of the molecule is CCCCCC(C)(C)CNCc1cncc(C)c1. The zero-order chi connectivity index (χ0) is 13.4. The van der Waals surface area contributed by atoms with E-state index in [-0.39, 0.29) is 0 Å². The number of rotatable bonds is 8. The Kier molecular flexibility index (Phi) is 6.34. The van der Waals surface area contributed by atoms with Crippen LogP contribution in [0, 0.1) is 12.3 Å². The van der Waals surface area contributed by atoms with E-state index in [1.165, 1.54) is 36.8 Å². The van der Waals surface area contributed by atoms with Crippen LogP contribution in [0.1, 0.15) is 57.6 Å². The topological polar surface area (TPSA) is 24.9 Å². The molecule has 0 aliphatic rings. The van der Waals surface area contributed by atoms with Gasteiger partial charge in [0.05, 0.1) is 0 Å². The third kappa shape index (κ3) is 6.15. The molecule has 18 heavy (non-hydrogen) atoms. The minimum absolute atomic E-state index is 0.395. The lowest BCUT2D eigenvalue weighted by molar-refractivity contribution is 0.302. The molecule has 1 heterocycles. The molecule has 0 aliphatic heterocycles. The van der Waals surface area contributed by atoms with Crippen LogP contribution in [0.2, 0.25) is 0 Å². The van der Waals surface area contributed by atoms with E-state index in [0.717, 1.165) is 13.1 Å². The predicted molar refractivity (Wildman–Crippen MR) is 78.6 cm³/mol. The van der Waals surface area contributed by atoms with Gasteiger partial charge < -0.3 is 5.32 Å². The summed E-state index contributed by atoms with van der Waals surface area (Å²) in [6.45, 7) is 11.0. The molecular weight excluding hydrogens is 220 g/mol. The molecule has 0 amide bonds. The average Bonchev–Trinajstić information content (AvgIpc) is 2.29. The van der Waals surface area contributed by atoms with Crippen LogP contribution in [0.3, 0.4) is 0 Å². The number of hydrogen-bond donors (Lipinski definition) is 1. The second-order valence-electron chi connectivity index (χ2n) is 6.10. The van der Waals surface area contributed by atoms with Crippen LogP contribution in [-0.4, -0.2) is 11.5 Å². The van der Waals surface area contributed by atoms with E-state index in [0.29, 0.717) is 5.41 Å². The highest BCUT2D eigenvalue weighted by Crippen LogP contribution is 2.22. The van der Waals surface area contributed by atoms with E-state index in [4.69, 9.17) is 0 Å². The Morgan fingerprint density at radius 1 is 1.22 bits per heavy atom. The highest BCUT2D eigenvalue weighted by molar-refractivity contribution is 5.16. The lowest BCUT2D eigenvalue weighted by Crippen LogP contribution is -2.29. The van der Waals surface area contributed by atoms with Crippen LogP contribution in [0.15, 0.2) is 18.5 Å². The van der Waals surface area contributed by atoms with Gasteiger partial charge in [0.15, 0.2) is 0 Å². The van der Waals surface area contributed by atoms with Crippen LogP contribution < -0.4 is 5.32 Å². The van der Waals surface area contributed by atoms with Gasteiger partial charge in [-0.3, -0.25) is 4.98 Å². The molecule has 0 aromatic carbocycles. The third-order valence-electron chi connectivity index (χ3n) is 3.32. The van der Waals surface area contributed by atoms with Crippen LogP contribution in [-0.2, 0) is 6.54 Å². The van der Waals surface area contributed by atoms with Crippen molar-refractivity contribution in [2.75, 3.05) is 6.54 Å². The molecule has 102 valence electrons. The van der Waals surface area contributed by atoms with Gasteiger partial charge in [0.25, 0.3) is 0 Å². The van der Waals surface area contributed by atoms with Crippen molar-refractivity contribution in [2.45, 2.75) is 59.9 Å². The maximum atomic E-state index is 4.22. The summed E-state index contributed by atoms with van der Waals surface area (Å²) in [5, 5.41) is 3.56.